The number of aromatic amines is 1. The average molecular weight is 342 g/mol. The lowest BCUT2D eigenvalue weighted by atomic mass is 10.1. The van der Waals surface area contributed by atoms with Gasteiger partial charge in [-0.1, -0.05) is 18.2 Å². The third kappa shape index (κ3) is 4.29. The fraction of sp³-hybridized carbons (Fsp3) is 0.400. The highest BCUT2D eigenvalue weighted by molar-refractivity contribution is 5.94. The van der Waals surface area contributed by atoms with Crippen molar-refractivity contribution in [2.75, 3.05) is 11.9 Å². The molecule has 0 fully saturated rings. The number of hydrogen-bond donors (Lipinski definition) is 2. The summed E-state index contributed by atoms with van der Waals surface area (Å²) in [5, 5.41) is 2.99. The molecule has 0 spiro atoms. The normalized spacial score (nSPS) is 10.6. The summed E-state index contributed by atoms with van der Waals surface area (Å²) in [5.41, 5.74) is 6.08. The van der Waals surface area contributed by atoms with Crippen molar-refractivity contribution >= 4 is 17.6 Å². The van der Waals surface area contributed by atoms with E-state index < -0.39 is 0 Å². The lowest BCUT2D eigenvalue weighted by Gasteiger charge is -2.11. The Balaban J connectivity index is 2.05. The Bertz CT molecular complexity index is 770. The fourth-order valence-electron chi connectivity index (χ4n) is 3.03. The van der Waals surface area contributed by atoms with Crippen LogP contribution in [0, 0.1) is 27.7 Å². The highest BCUT2D eigenvalue weighted by Crippen LogP contribution is 2.22. The molecule has 1 aromatic heterocycles. The van der Waals surface area contributed by atoms with Gasteiger partial charge < -0.3 is 15.0 Å². The standard InChI is InChI=1S/C20H26N2O3/c1-6-25-20(24)18-14(4)16(21-15(18)5)10-11-17(23)22-19-12(2)8-7-9-13(19)3/h7-9,21H,6,10-11H2,1-5H3,(H,22,23). The summed E-state index contributed by atoms with van der Waals surface area (Å²) in [7, 11) is 0. The minimum atomic E-state index is -0.319. The van der Waals surface area contributed by atoms with Crippen molar-refractivity contribution in [2.45, 2.75) is 47.5 Å². The number of ether oxygens (including phenoxy) is 1. The topological polar surface area (TPSA) is 71.2 Å². The monoisotopic (exact) mass is 342 g/mol. The third-order valence-electron chi connectivity index (χ3n) is 4.37. The predicted octanol–water partition coefficient (Wildman–Crippen LogP) is 4.00. The van der Waals surface area contributed by atoms with Crippen molar-refractivity contribution in [1.29, 1.82) is 0 Å². The Hall–Kier alpha value is -2.56. The van der Waals surface area contributed by atoms with Gasteiger partial charge in [0.1, 0.15) is 0 Å². The van der Waals surface area contributed by atoms with Crippen LogP contribution in [0.1, 0.15) is 51.8 Å². The molecule has 2 aromatic rings. The second-order valence-corrected chi connectivity index (χ2v) is 6.26. The van der Waals surface area contributed by atoms with Gasteiger partial charge in [0.15, 0.2) is 0 Å². The number of para-hydroxylation sites is 1. The molecule has 0 aliphatic rings. The first-order chi connectivity index (χ1) is 11.8. The highest BCUT2D eigenvalue weighted by Gasteiger charge is 2.19. The Morgan fingerprint density at radius 1 is 1.12 bits per heavy atom. The SMILES string of the molecule is CCOC(=O)c1c(C)[nH]c(CCC(=O)Nc2c(C)cccc2C)c1C. The molecule has 0 bridgehead atoms. The number of aromatic nitrogens is 1. The molecular weight excluding hydrogens is 316 g/mol. The second kappa shape index (κ2) is 8.01. The summed E-state index contributed by atoms with van der Waals surface area (Å²) in [4.78, 5) is 27.6. The molecule has 0 aliphatic carbocycles. The van der Waals surface area contributed by atoms with Crippen LogP contribution in [0.15, 0.2) is 18.2 Å². The Labute approximate surface area is 148 Å². The van der Waals surface area contributed by atoms with E-state index in [9.17, 15) is 9.59 Å². The smallest absolute Gasteiger partial charge is 0.340 e. The number of esters is 1. The first-order valence-corrected chi connectivity index (χ1v) is 8.56. The van der Waals surface area contributed by atoms with E-state index >= 15 is 0 Å². The van der Waals surface area contributed by atoms with E-state index in [4.69, 9.17) is 4.74 Å². The molecule has 5 heteroatoms. The number of hydrogen-bond acceptors (Lipinski definition) is 3. The molecule has 0 saturated heterocycles. The van der Waals surface area contributed by atoms with Gasteiger partial charge in [0.2, 0.25) is 5.91 Å². The van der Waals surface area contributed by atoms with Crippen molar-refractivity contribution < 1.29 is 14.3 Å². The first kappa shape index (κ1) is 18.8. The zero-order valence-corrected chi connectivity index (χ0v) is 15.6. The molecule has 25 heavy (non-hydrogen) atoms. The zero-order valence-electron chi connectivity index (χ0n) is 15.6. The number of carbonyl (C=O) groups is 2. The summed E-state index contributed by atoms with van der Waals surface area (Å²) in [6.07, 6.45) is 0.889. The molecule has 1 heterocycles. The van der Waals surface area contributed by atoms with E-state index in [1.807, 2.05) is 45.9 Å². The van der Waals surface area contributed by atoms with E-state index in [-0.39, 0.29) is 11.9 Å². The Morgan fingerprint density at radius 2 is 1.76 bits per heavy atom. The molecule has 0 aliphatic heterocycles. The average Bonchev–Trinajstić information content (AvgIpc) is 2.83. The van der Waals surface area contributed by atoms with Crippen LogP contribution in [0.3, 0.4) is 0 Å². The number of benzene rings is 1. The van der Waals surface area contributed by atoms with Crippen molar-refractivity contribution in [3.8, 4) is 0 Å². The van der Waals surface area contributed by atoms with E-state index in [1.54, 1.807) is 6.92 Å². The summed E-state index contributed by atoms with van der Waals surface area (Å²) >= 11 is 0. The third-order valence-corrected chi connectivity index (χ3v) is 4.37. The number of anilines is 1. The number of rotatable bonds is 6. The van der Waals surface area contributed by atoms with Gasteiger partial charge in [-0.15, -0.1) is 0 Å². The molecule has 0 radical (unpaired) electrons. The molecular formula is C20H26N2O3. The number of aryl methyl sites for hydroxylation is 4. The Kier molecular flexibility index (Phi) is 6.02. The number of H-pyrrole nitrogens is 1. The van der Waals surface area contributed by atoms with Crippen LogP contribution < -0.4 is 5.32 Å². The predicted molar refractivity (Wildman–Crippen MR) is 99.1 cm³/mol. The molecule has 2 rings (SSSR count). The van der Waals surface area contributed by atoms with Crippen LogP contribution in [0.4, 0.5) is 5.69 Å². The van der Waals surface area contributed by atoms with Crippen molar-refractivity contribution in [3.63, 3.8) is 0 Å². The van der Waals surface area contributed by atoms with Crippen LogP contribution in [0.5, 0.6) is 0 Å². The maximum absolute atomic E-state index is 12.3. The lowest BCUT2D eigenvalue weighted by molar-refractivity contribution is -0.116. The van der Waals surface area contributed by atoms with Gasteiger partial charge in [-0.2, -0.15) is 0 Å². The summed E-state index contributed by atoms with van der Waals surface area (Å²) in [6.45, 7) is 9.82. The van der Waals surface area contributed by atoms with Gasteiger partial charge in [0.05, 0.1) is 12.2 Å². The molecule has 134 valence electrons. The van der Waals surface area contributed by atoms with Crippen LogP contribution in [0.2, 0.25) is 0 Å². The molecule has 1 amide bonds. The van der Waals surface area contributed by atoms with Crippen LogP contribution in [-0.2, 0) is 16.0 Å². The fourth-order valence-corrected chi connectivity index (χ4v) is 3.03. The van der Waals surface area contributed by atoms with Gasteiger partial charge in [-0.3, -0.25) is 4.79 Å². The number of carbonyl (C=O) groups excluding carboxylic acids is 2. The maximum atomic E-state index is 12.3. The lowest BCUT2D eigenvalue weighted by Crippen LogP contribution is -2.14. The second-order valence-electron chi connectivity index (χ2n) is 6.26. The van der Waals surface area contributed by atoms with E-state index in [0.29, 0.717) is 25.0 Å². The minimum absolute atomic E-state index is 0.0401. The van der Waals surface area contributed by atoms with E-state index in [2.05, 4.69) is 10.3 Å². The summed E-state index contributed by atoms with van der Waals surface area (Å²) < 4.78 is 5.10. The summed E-state index contributed by atoms with van der Waals surface area (Å²) in [6, 6.07) is 5.93. The molecule has 2 N–H and O–H groups in total. The molecule has 0 saturated carbocycles. The van der Waals surface area contributed by atoms with Crippen molar-refractivity contribution in [3.05, 3.63) is 51.8 Å². The van der Waals surface area contributed by atoms with Gasteiger partial charge >= 0.3 is 5.97 Å². The summed E-state index contributed by atoms with van der Waals surface area (Å²) in [5.74, 6) is -0.360. The van der Waals surface area contributed by atoms with Crippen molar-refractivity contribution in [1.82, 2.24) is 4.98 Å². The maximum Gasteiger partial charge on any atom is 0.340 e. The van der Waals surface area contributed by atoms with E-state index in [0.717, 1.165) is 33.8 Å². The van der Waals surface area contributed by atoms with Gasteiger partial charge in [-0.05, 0) is 57.7 Å². The van der Waals surface area contributed by atoms with Gasteiger partial charge in [0.25, 0.3) is 0 Å². The largest absolute Gasteiger partial charge is 0.462 e. The zero-order chi connectivity index (χ0) is 18.6. The van der Waals surface area contributed by atoms with Gasteiger partial charge in [-0.25, -0.2) is 4.79 Å². The quantitative estimate of drug-likeness (QED) is 0.780. The van der Waals surface area contributed by atoms with Crippen LogP contribution in [-0.4, -0.2) is 23.5 Å². The molecule has 0 atom stereocenters. The first-order valence-electron chi connectivity index (χ1n) is 8.56. The van der Waals surface area contributed by atoms with Crippen molar-refractivity contribution in [2.24, 2.45) is 0 Å². The van der Waals surface area contributed by atoms with Crippen LogP contribution in [0.25, 0.3) is 0 Å². The molecule has 0 unspecified atom stereocenters. The minimum Gasteiger partial charge on any atom is -0.462 e. The van der Waals surface area contributed by atoms with Crippen LogP contribution >= 0.6 is 0 Å². The molecule has 1 aromatic carbocycles. The van der Waals surface area contributed by atoms with E-state index in [1.165, 1.54) is 0 Å². The Morgan fingerprint density at radius 3 is 2.36 bits per heavy atom. The number of nitrogens with one attached hydrogen (secondary N) is 2. The van der Waals surface area contributed by atoms with Gasteiger partial charge in [0, 0.05) is 23.5 Å². The highest BCUT2D eigenvalue weighted by atomic mass is 16.5. The molecule has 5 nitrogen and oxygen atoms in total. The number of amides is 1.